The molecule has 2 aromatic rings. The molecule has 2 aromatic carbocycles. The number of hydrogen-bond donors (Lipinski definition) is 0. The highest BCUT2D eigenvalue weighted by molar-refractivity contribution is 6.48. The highest BCUT2D eigenvalue weighted by atomic mass is 16.7. The lowest BCUT2D eigenvalue weighted by molar-refractivity contribution is -0.199. The molecular weight excluding hydrogens is 673 g/mol. The predicted octanol–water partition coefficient (Wildman–Crippen LogP) is 6.48. The summed E-state index contributed by atoms with van der Waals surface area (Å²) in [6, 6.07) is 14.7. The van der Waals surface area contributed by atoms with Crippen LogP contribution in [0.4, 0.5) is 4.79 Å². The fraction of sp³-hybridized carbons (Fsp3) is 0.634. The van der Waals surface area contributed by atoms with E-state index in [1.54, 1.807) is 18.1 Å². The highest BCUT2D eigenvalue weighted by Gasteiger charge is 2.69. The summed E-state index contributed by atoms with van der Waals surface area (Å²) in [5.41, 5.74) is -0.0651. The van der Waals surface area contributed by atoms with Crippen LogP contribution >= 0.6 is 0 Å². The number of carbonyl (C=O) groups excluding carboxylic acids is 3. The third-order valence-corrected chi connectivity index (χ3v) is 11.7. The van der Waals surface area contributed by atoms with Gasteiger partial charge in [0.15, 0.2) is 0 Å². The zero-order valence-corrected chi connectivity index (χ0v) is 33.3. The molecule has 5 unspecified atom stereocenters. The molecule has 5 aliphatic rings. The van der Waals surface area contributed by atoms with E-state index in [0.717, 1.165) is 18.4 Å². The smallest absolute Gasteiger partial charge is 0.482 e. The SMILES string of the molecule is COc1c(CC(B2OC3CC4CC(C4(C)C)C3(C)O2)N(CN2CCN(C(=O)OC(C)(C)C)CC2)C(=O)c2ccccc2)cccc1C(=O)OC(C)(C)C. The van der Waals surface area contributed by atoms with Gasteiger partial charge in [0.25, 0.3) is 5.91 Å². The Labute approximate surface area is 315 Å². The predicted molar refractivity (Wildman–Crippen MR) is 203 cm³/mol. The number of hydrogen-bond acceptors (Lipinski definition) is 9. The van der Waals surface area contributed by atoms with Gasteiger partial charge >= 0.3 is 19.2 Å². The maximum atomic E-state index is 14.8. The average molecular weight is 732 g/mol. The second-order valence-corrected chi connectivity index (χ2v) is 18.0. The minimum atomic E-state index is -0.745. The van der Waals surface area contributed by atoms with E-state index < -0.39 is 35.8 Å². The van der Waals surface area contributed by atoms with Crippen LogP contribution in [0.2, 0.25) is 0 Å². The van der Waals surface area contributed by atoms with Crippen molar-refractivity contribution in [2.45, 2.75) is 110 Å². The Morgan fingerprint density at radius 2 is 1.57 bits per heavy atom. The lowest BCUT2D eigenvalue weighted by atomic mass is 9.43. The van der Waals surface area contributed by atoms with Crippen LogP contribution in [0.25, 0.3) is 0 Å². The maximum absolute atomic E-state index is 14.8. The van der Waals surface area contributed by atoms with Gasteiger partial charge in [-0.05, 0) is 109 Å². The molecule has 2 bridgehead atoms. The van der Waals surface area contributed by atoms with Crippen molar-refractivity contribution in [2.75, 3.05) is 40.0 Å². The number of esters is 1. The maximum Gasteiger partial charge on any atom is 0.482 e. The molecule has 53 heavy (non-hydrogen) atoms. The lowest BCUT2D eigenvalue weighted by Gasteiger charge is -2.64. The van der Waals surface area contributed by atoms with Crippen LogP contribution in [-0.2, 0) is 25.2 Å². The van der Waals surface area contributed by atoms with Crippen molar-refractivity contribution in [3.05, 3.63) is 65.2 Å². The summed E-state index contributed by atoms with van der Waals surface area (Å²) in [7, 11) is 0.803. The number of methoxy groups -OCH3 is 1. The quantitative estimate of drug-likeness (QED) is 0.212. The van der Waals surface area contributed by atoms with E-state index >= 15 is 0 Å². The Kier molecular flexibility index (Phi) is 10.7. The number of piperazine rings is 1. The molecule has 12 heteroatoms. The molecule has 11 nitrogen and oxygen atoms in total. The Balaban J connectivity index is 1.36. The number of benzene rings is 2. The molecule has 2 aliphatic heterocycles. The van der Waals surface area contributed by atoms with Crippen molar-refractivity contribution >= 4 is 25.1 Å². The Morgan fingerprint density at radius 3 is 2.17 bits per heavy atom. The van der Waals surface area contributed by atoms with E-state index in [1.807, 2.05) is 88.9 Å². The van der Waals surface area contributed by atoms with Gasteiger partial charge in [0.1, 0.15) is 22.5 Å². The standard InChI is InChI=1S/C41H58BN3O8/c1-38(2,3)50-36(47)30-18-14-17-28(34(30)49-10)23-33(42-52-32-25-29-24-31(40(29,7)8)41(32,9)53-42)45(35(46)27-15-12-11-13-16-27)26-43-19-21-44(22-20-43)37(48)51-39(4,5)6/h11-18,29,31-33H,19-26H2,1-10H3. The lowest BCUT2D eigenvalue weighted by Crippen LogP contribution is -2.65. The molecule has 5 fully saturated rings. The monoisotopic (exact) mass is 731 g/mol. The molecular formula is C41H58BN3O8. The van der Waals surface area contributed by atoms with Crippen LogP contribution in [0, 0.1) is 17.3 Å². The van der Waals surface area contributed by atoms with E-state index in [2.05, 4.69) is 25.7 Å². The van der Waals surface area contributed by atoms with Crippen LogP contribution in [-0.4, -0.2) is 109 Å². The molecule has 2 saturated heterocycles. The highest BCUT2D eigenvalue weighted by Crippen LogP contribution is 2.66. The van der Waals surface area contributed by atoms with Gasteiger partial charge in [-0.1, -0.05) is 44.2 Å². The summed E-state index contributed by atoms with van der Waals surface area (Å²) in [6.07, 6.45) is 1.85. The minimum absolute atomic E-state index is 0.104. The minimum Gasteiger partial charge on any atom is -0.496 e. The Hall–Kier alpha value is -3.61. The molecule has 0 radical (unpaired) electrons. The van der Waals surface area contributed by atoms with Crippen molar-refractivity contribution in [3.8, 4) is 5.75 Å². The first-order valence-electron chi connectivity index (χ1n) is 19.1. The normalized spacial score (nSPS) is 25.9. The summed E-state index contributed by atoms with van der Waals surface area (Å²) < 4.78 is 31.4. The Bertz CT molecular complexity index is 1670. The van der Waals surface area contributed by atoms with E-state index in [-0.39, 0.29) is 30.2 Å². The molecule has 0 spiro atoms. The zero-order valence-electron chi connectivity index (χ0n) is 33.3. The van der Waals surface area contributed by atoms with Crippen molar-refractivity contribution in [1.82, 2.24) is 14.7 Å². The van der Waals surface area contributed by atoms with Gasteiger partial charge in [-0.25, -0.2) is 9.59 Å². The molecule has 2 amide bonds. The van der Waals surface area contributed by atoms with Crippen LogP contribution in [0.15, 0.2) is 48.5 Å². The third-order valence-electron chi connectivity index (χ3n) is 11.7. The first kappa shape index (κ1) is 39.1. The average Bonchev–Trinajstić information content (AvgIpc) is 3.45. The molecule has 7 rings (SSSR count). The first-order chi connectivity index (χ1) is 24.8. The van der Waals surface area contributed by atoms with Crippen molar-refractivity contribution in [2.24, 2.45) is 17.3 Å². The van der Waals surface area contributed by atoms with Gasteiger partial charge in [-0.3, -0.25) is 9.69 Å². The number of carbonyl (C=O) groups is 3. The molecule has 2 heterocycles. The molecule has 5 atom stereocenters. The van der Waals surface area contributed by atoms with E-state index in [9.17, 15) is 14.4 Å². The topological polar surface area (TPSA) is 107 Å². The summed E-state index contributed by atoms with van der Waals surface area (Å²) in [4.78, 5) is 46.9. The van der Waals surface area contributed by atoms with Gasteiger partial charge in [0.05, 0.1) is 31.4 Å². The van der Waals surface area contributed by atoms with Crippen LogP contribution in [0.1, 0.15) is 101 Å². The Morgan fingerprint density at radius 1 is 0.906 bits per heavy atom. The van der Waals surface area contributed by atoms with Crippen LogP contribution in [0.5, 0.6) is 5.75 Å². The number of amides is 2. The van der Waals surface area contributed by atoms with Crippen molar-refractivity contribution in [3.63, 3.8) is 0 Å². The summed E-state index contributed by atoms with van der Waals surface area (Å²) in [6.45, 7) is 20.2. The van der Waals surface area contributed by atoms with E-state index in [4.69, 9.17) is 23.5 Å². The third kappa shape index (κ3) is 8.10. The fourth-order valence-corrected chi connectivity index (χ4v) is 8.80. The summed E-state index contributed by atoms with van der Waals surface area (Å²) in [5, 5.41) is 0. The van der Waals surface area contributed by atoms with Crippen LogP contribution in [0.3, 0.4) is 0 Å². The molecule has 3 saturated carbocycles. The van der Waals surface area contributed by atoms with E-state index in [1.165, 1.54) is 0 Å². The van der Waals surface area contributed by atoms with Gasteiger partial charge in [0.2, 0.25) is 0 Å². The number of ether oxygens (including phenoxy) is 3. The molecule has 0 N–H and O–H groups in total. The number of rotatable bonds is 9. The van der Waals surface area contributed by atoms with Gasteiger partial charge in [0, 0.05) is 31.7 Å². The van der Waals surface area contributed by atoms with Crippen molar-refractivity contribution in [1.29, 1.82) is 0 Å². The largest absolute Gasteiger partial charge is 0.496 e. The van der Waals surface area contributed by atoms with Gasteiger partial charge in [-0.15, -0.1) is 0 Å². The van der Waals surface area contributed by atoms with Crippen molar-refractivity contribution < 1.29 is 37.9 Å². The van der Waals surface area contributed by atoms with Crippen LogP contribution < -0.4 is 4.74 Å². The zero-order chi connectivity index (χ0) is 38.5. The first-order valence-corrected chi connectivity index (χ1v) is 19.1. The molecule has 3 aliphatic carbocycles. The molecule has 288 valence electrons. The number of nitrogens with zero attached hydrogens (tertiary/aromatic N) is 3. The fourth-order valence-electron chi connectivity index (χ4n) is 8.80. The summed E-state index contributed by atoms with van der Waals surface area (Å²) >= 11 is 0. The van der Waals surface area contributed by atoms with Gasteiger partial charge in [-0.2, -0.15) is 0 Å². The molecule has 0 aromatic heterocycles. The second-order valence-electron chi connectivity index (χ2n) is 18.0. The second kappa shape index (κ2) is 14.6. The summed E-state index contributed by atoms with van der Waals surface area (Å²) in [5.74, 6) is 0.0342. The van der Waals surface area contributed by atoms with E-state index in [0.29, 0.717) is 61.3 Å². The number of para-hydroxylation sites is 1. The van der Waals surface area contributed by atoms with Gasteiger partial charge < -0.3 is 33.3 Å².